The van der Waals surface area contributed by atoms with E-state index >= 15 is 0 Å². The van der Waals surface area contributed by atoms with Gasteiger partial charge in [0.15, 0.2) is 0 Å². The summed E-state index contributed by atoms with van der Waals surface area (Å²) in [5, 5.41) is 0. The first-order chi connectivity index (χ1) is 9.38. The van der Waals surface area contributed by atoms with Gasteiger partial charge in [-0.15, -0.1) is 0 Å². The lowest BCUT2D eigenvalue weighted by atomic mass is 10.1. The van der Waals surface area contributed by atoms with E-state index < -0.39 is 0 Å². The van der Waals surface area contributed by atoms with Gasteiger partial charge in [-0.25, -0.2) is 0 Å². The molecule has 0 amide bonds. The molecule has 1 saturated heterocycles. The monoisotopic (exact) mass is 259 g/mol. The molecular weight excluding hydrogens is 230 g/mol. The average molecular weight is 259 g/mol. The fourth-order valence-corrected chi connectivity index (χ4v) is 2.61. The maximum atomic E-state index is 3.26. The Hall–Kier alpha value is -1.00. The van der Waals surface area contributed by atoms with Gasteiger partial charge < -0.3 is 4.90 Å². The number of allylic oxidation sites excluding steroid dienone is 4. The summed E-state index contributed by atoms with van der Waals surface area (Å²) in [5.41, 5.74) is 0. The van der Waals surface area contributed by atoms with Crippen LogP contribution in [0.4, 0.5) is 0 Å². The van der Waals surface area contributed by atoms with Crippen molar-refractivity contribution in [3.8, 4) is 11.8 Å². The maximum Gasteiger partial charge on any atom is 0.0107 e. The number of hydrogen-bond acceptors (Lipinski definition) is 1. The topological polar surface area (TPSA) is 3.24 Å². The Morgan fingerprint density at radius 2 is 2.16 bits per heavy atom. The molecule has 1 heteroatoms. The number of hydrogen-bond donors (Lipinski definition) is 0. The molecule has 19 heavy (non-hydrogen) atoms. The molecule has 106 valence electrons. The van der Waals surface area contributed by atoms with Crippen LogP contribution < -0.4 is 0 Å². The molecule has 0 saturated carbocycles. The van der Waals surface area contributed by atoms with Gasteiger partial charge in [-0.1, -0.05) is 56.8 Å². The normalized spacial score (nSPS) is 20.2. The molecule has 0 radical (unpaired) electrons. The van der Waals surface area contributed by atoms with Crippen molar-refractivity contribution in [2.24, 2.45) is 0 Å². The van der Waals surface area contributed by atoms with Crippen LogP contribution in [-0.4, -0.2) is 24.0 Å². The zero-order chi connectivity index (χ0) is 13.8. The van der Waals surface area contributed by atoms with Gasteiger partial charge in [-0.3, -0.25) is 0 Å². The van der Waals surface area contributed by atoms with Crippen molar-refractivity contribution in [3.63, 3.8) is 0 Å². The summed E-state index contributed by atoms with van der Waals surface area (Å²) in [7, 11) is 0. The fraction of sp³-hybridized carbons (Fsp3) is 0.667. The van der Waals surface area contributed by atoms with Gasteiger partial charge in [0.2, 0.25) is 0 Å². The summed E-state index contributed by atoms with van der Waals surface area (Å²) in [6.45, 7) is 6.97. The third-order valence-electron chi connectivity index (χ3n) is 3.76. The van der Waals surface area contributed by atoms with Gasteiger partial charge in [0.05, 0.1) is 0 Å². The Balaban J connectivity index is 2.10. The molecule has 0 aromatic heterocycles. The van der Waals surface area contributed by atoms with Crippen LogP contribution >= 0.6 is 0 Å². The quantitative estimate of drug-likeness (QED) is 0.368. The zero-order valence-electron chi connectivity index (χ0n) is 12.7. The highest BCUT2D eigenvalue weighted by Crippen LogP contribution is 2.20. The third-order valence-corrected chi connectivity index (χ3v) is 3.76. The molecule has 0 aromatic rings. The zero-order valence-corrected chi connectivity index (χ0v) is 12.7. The second kappa shape index (κ2) is 10.9. The molecule has 0 N–H and O–H groups in total. The van der Waals surface area contributed by atoms with Crippen LogP contribution in [0.1, 0.15) is 58.8 Å². The minimum atomic E-state index is 0.789. The Kier molecular flexibility index (Phi) is 9.19. The third kappa shape index (κ3) is 7.23. The Bertz CT molecular complexity index is 329. The van der Waals surface area contributed by atoms with Gasteiger partial charge >= 0.3 is 0 Å². The SMILES string of the molecule is CCCCC=CC=CC#CCCC1CCCN1CC. The lowest BCUT2D eigenvalue weighted by molar-refractivity contribution is 0.257. The molecule has 1 nitrogen and oxygen atoms in total. The summed E-state index contributed by atoms with van der Waals surface area (Å²) < 4.78 is 0. The number of likely N-dealkylation sites (tertiary alicyclic amines) is 1. The first kappa shape index (κ1) is 16.1. The highest BCUT2D eigenvalue weighted by atomic mass is 15.2. The predicted octanol–water partition coefficient (Wildman–Crippen LogP) is 4.56. The van der Waals surface area contributed by atoms with E-state index in [1.807, 2.05) is 6.08 Å². The fourth-order valence-electron chi connectivity index (χ4n) is 2.61. The number of unbranched alkanes of at least 4 members (excludes halogenated alkanes) is 2. The van der Waals surface area contributed by atoms with E-state index in [0.717, 1.165) is 12.5 Å². The molecule has 1 atom stereocenters. The van der Waals surface area contributed by atoms with E-state index in [-0.39, 0.29) is 0 Å². The number of rotatable bonds is 7. The van der Waals surface area contributed by atoms with Crippen LogP contribution in [0.15, 0.2) is 24.3 Å². The van der Waals surface area contributed by atoms with Gasteiger partial charge in [0.25, 0.3) is 0 Å². The van der Waals surface area contributed by atoms with E-state index in [1.165, 1.54) is 51.6 Å². The average Bonchev–Trinajstić information content (AvgIpc) is 2.88. The van der Waals surface area contributed by atoms with Crippen LogP contribution in [0.2, 0.25) is 0 Å². The predicted molar refractivity (Wildman–Crippen MR) is 85.1 cm³/mol. The van der Waals surface area contributed by atoms with Crippen LogP contribution in [0, 0.1) is 11.8 Å². The maximum absolute atomic E-state index is 3.26. The second-order valence-electron chi connectivity index (χ2n) is 5.21. The highest BCUT2D eigenvalue weighted by molar-refractivity contribution is 5.19. The van der Waals surface area contributed by atoms with Crippen molar-refractivity contribution in [2.75, 3.05) is 13.1 Å². The van der Waals surface area contributed by atoms with Crippen molar-refractivity contribution in [3.05, 3.63) is 24.3 Å². The van der Waals surface area contributed by atoms with Crippen molar-refractivity contribution < 1.29 is 0 Å². The lowest BCUT2D eigenvalue weighted by Crippen LogP contribution is -2.28. The minimum absolute atomic E-state index is 0.789. The summed E-state index contributed by atoms with van der Waals surface area (Å²) in [6.07, 6.45) is 17.1. The molecule has 1 fully saturated rings. The Morgan fingerprint density at radius 1 is 1.26 bits per heavy atom. The summed E-state index contributed by atoms with van der Waals surface area (Å²) >= 11 is 0. The summed E-state index contributed by atoms with van der Waals surface area (Å²) in [5.74, 6) is 6.39. The Morgan fingerprint density at radius 3 is 2.95 bits per heavy atom. The van der Waals surface area contributed by atoms with Crippen molar-refractivity contribution in [1.82, 2.24) is 4.90 Å². The van der Waals surface area contributed by atoms with Gasteiger partial charge in [0, 0.05) is 12.5 Å². The summed E-state index contributed by atoms with van der Waals surface area (Å²) in [4.78, 5) is 2.59. The summed E-state index contributed by atoms with van der Waals surface area (Å²) in [6, 6.07) is 0.789. The standard InChI is InChI=1S/C18H29N/c1-3-5-6-7-8-9-10-11-12-13-15-18-16-14-17-19(18)4-2/h7-10,18H,3-6,13-17H2,1-2H3. The van der Waals surface area contributed by atoms with E-state index in [4.69, 9.17) is 0 Å². The smallest absolute Gasteiger partial charge is 0.0107 e. The highest BCUT2D eigenvalue weighted by Gasteiger charge is 2.21. The van der Waals surface area contributed by atoms with Crippen LogP contribution in [-0.2, 0) is 0 Å². The van der Waals surface area contributed by atoms with Crippen LogP contribution in [0.5, 0.6) is 0 Å². The molecule has 1 aliphatic heterocycles. The molecule has 0 aromatic carbocycles. The van der Waals surface area contributed by atoms with E-state index in [2.05, 4.69) is 48.8 Å². The largest absolute Gasteiger partial charge is 0.301 e. The van der Waals surface area contributed by atoms with Crippen LogP contribution in [0.25, 0.3) is 0 Å². The van der Waals surface area contributed by atoms with Crippen LogP contribution in [0.3, 0.4) is 0 Å². The first-order valence-electron chi connectivity index (χ1n) is 7.92. The first-order valence-corrected chi connectivity index (χ1v) is 7.92. The molecule has 0 spiro atoms. The molecule has 0 bridgehead atoms. The lowest BCUT2D eigenvalue weighted by Gasteiger charge is -2.21. The van der Waals surface area contributed by atoms with Crippen molar-refractivity contribution in [1.29, 1.82) is 0 Å². The second-order valence-corrected chi connectivity index (χ2v) is 5.21. The molecule has 0 aliphatic carbocycles. The molecule has 1 unspecified atom stereocenters. The van der Waals surface area contributed by atoms with Gasteiger partial charge in [-0.05, 0) is 44.8 Å². The van der Waals surface area contributed by atoms with Crippen molar-refractivity contribution >= 4 is 0 Å². The molecular formula is C18H29N. The van der Waals surface area contributed by atoms with E-state index in [1.54, 1.807) is 0 Å². The van der Waals surface area contributed by atoms with E-state index in [0.29, 0.717) is 0 Å². The molecule has 1 heterocycles. The number of nitrogens with zero attached hydrogens (tertiary/aromatic N) is 1. The molecule has 1 aliphatic rings. The Labute approximate surface area is 119 Å². The van der Waals surface area contributed by atoms with Crippen molar-refractivity contribution in [2.45, 2.75) is 64.8 Å². The minimum Gasteiger partial charge on any atom is -0.301 e. The molecule has 1 rings (SSSR count). The van der Waals surface area contributed by atoms with E-state index in [9.17, 15) is 0 Å². The van der Waals surface area contributed by atoms with Gasteiger partial charge in [0.1, 0.15) is 0 Å². The van der Waals surface area contributed by atoms with Gasteiger partial charge in [-0.2, -0.15) is 0 Å².